The Morgan fingerprint density at radius 1 is 0.429 bits per heavy atom. The molecule has 0 rings (SSSR count). The molecule has 0 aliphatic heterocycles. The predicted octanol–water partition coefficient (Wildman–Crippen LogP) is 11.8. The number of aliphatic carboxylic acids is 1. The molecule has 0 atom stereocenters. The molecule has 0 amide bonds. The molecule has 0 aromatic rings. The number of carbonyl (C=O) groups is 1. The number of hydrogen-bond acceptors (Lipinski definition) is 1. The third-order valence-electron chi connectivity index (χ3n) is 7.46. The second-order valence-electron chi connectivity index (χ2n) is 11.1. The Morgan fingerprint density at radius 3 is 0.971 bits per heavy atom. The normalized spacial score (nSPS) is 11.3. The monoisotopic (exact) mass is 492 g/mol. The van der Waals surface area contributed by atoms with Crippen molar-refractivity contribution in [3.63, 3.8) is 0 Å². The van der Waals surface area contributed by atoms with Crippen molar-refractivity contribution in [2.45, 2.75) is 193 Å². The molecule has 0 heterocycles. The fourth-order valence-electron chi connectivity index (χ4n) is 5.06. The Kier molecular flexibility index (Phi) is 31.0. The molecule has 0 aromatic heterocycles. The zero-order valence-corrected chi connectivity index (χ0v) is 23.9. The summed E-state index contributed by atoms with van der Waals surface area (Å²) in [6.45, 7) is 3.91. The molecule has 0 fully saturated rings. The van der Waals surface area contributed by atoms with Crippen LogP contribution in [0.2, 0.25) is 0 Å². The number of hydrogen-bond donors (Lipinski definition) is 1. The van der Waals surface area contributed by atoms with Gasteiger partial charge in [0.25, 0.3) is 0 Å². The molecule has 0 unspecified atom stereocenters. The van der Waals surface area contributed by atoms with Gasteiger partial charge in [-0.15, -0.1) is 0 Å². The van der Waals surface area contributed by atoms with Gasteiger partial charge in [-0.25, -0.2) is 0 Å². The molecule has 0 saturated carbocycles. The van der Waals surface area contributed by atoms with E-state index in [1.54, 1.807) is 0 Å². The predicted molar refractivity (Wildman–Crippen MR) is 156 cm³/mol. The smallest absolute Gasteiger partial charge is 0.303 e. The average molecular weight is 493 g/mol. The van der Waals surface area contributed by atoms with Crippen LogP contribution in [0.15, 0.2) is 0 Å². The number of carboxylic acid groups (broad SMARTS) is 1. The number of unbranched alkanes of at least 4 members (excludes halogenated alkanes) is 29. The van der Waals surface area contributed by atoms with Crippen LogP contribution in [-0.4, -0.2) is 11.1 Å². The van der Waals surface area contributed by atoms with Crippen LogP contribution in [-0.2, 0) is 4.79 Å². The van der Waals surface area contributed by atoms with Crippen LogP contribution in [0.5, 0.6) is 0 Å². The summed E-state index contributed by atoms with van der Waals surface area (Å²) in [5, 5.41) is 8.62. The van der Waals surface area contributed by atoms with Crippen LogP contribution in [0, 0.1) is 13.3 Å². The van der Waals surface area contributed by atoms with Gasteiger partial charge in [0.05, 0.1) is 0 Å². The molecule has 0 aromatic carbocycles. The first kappa shape index (κ1) is 34.5. The third kappa shape index (κ3) is 33.5. The Balaban J connectivity index is 3.01. The maximum atomic E-state index is 10.5. The molecule has 0 aliphatic carbocycles. The lowest BCUT2D eigenvalue weighted by atomic mass is 10.0. The quantitative estimate of drug-likeness (QED) is 0.0977. The average Bonchev–Trinajstić information content (AvgIpc) is 2.85. The summed E-state index contributed by atoms with van der Waals surface area (Å²) in [6.07, 6.45) is 42.3. The van der Waals surface area contributed by atoms with Crippen molar-refractivity contribution in [2.24, 2.45) is 0 Å². The lowest BCUT2D eigenvalue weighted by Gasteiger charge is -2.04. The van der Waals surface area contributed by atoms with Gasteiger partial charge in [0, 0.05) is 6.42 Å². The number of carboxylic acids is 1. The Hall–Kier alpha value is -0.530. The second kappa shape index (κ2) is 31.5. The highest BCUT2D eigenvalue weighted by atomic mass is 16.4. The van der Waals surface area contributed by atoms with E-state index in [2.05, 4.69) is 13.3 Å². The van der Waals surface area contributed by atoms with E-state index in [0.29, 0.717) is 6.42 Å². The maximum absolute atomic E-state index is 10.5. The van der Waals surface area contributed by atoms with Crippen molar-refractivity contribution in [1.29, 1.82) is 0 Å². The zero-order valence-electron chi connectivity index (χ0n) is 23.9. The number of rotatable bonds is 31. The molecular weight excluding hydrogens is 428 g/mol. The molecule has 35 heavy (non-hydrogen) atoms. The standard InChI is InChI=1S/C33H64O2/c1-2-3-4-5-6-7-8-9-10-11-12-13-14-15-16-17-18-19-20-21-22-23-24-25-26-27-28-29-30-31-32-33(34)35/h11H,1-10,12-32H2,(H,34,35). The van der Waals surface area contributed by atoms with Crippen LogP contribution in [0.4, 0.5) is 0 Å². The Bertz CT molecular complexity index is 393. The summed E-state index contributed by atoms with van der Waals surface area (Å²) in [4.78, 5) is 10.5. The van der Waals surface area contributed by atoms with E-state index in [0.717, 1.165) is 19.3 Å². The van der Waals surface area contributed by atoms with Gasteiger partial charge in [0.2, 0.25) is 0 Å². The summed E-state index contributed by atoms with van der Waals surface area (Å²) in [7, 11) is 0. The Labute approximate surface area is 221 Å². The van der Waals surface area contributed by atoms with Crippen LogP contribution in [0.1, 0.15) is 193 Å². The lowest BCUT2D eigenvalue weighted by molar-refractivity contribution is -0.137. The fourth-order valence-corrected chi connectivity index (χ4v) is 5.06. The second-order valence-corrected chi connectivity index (χ2v) is 11.1. The first-order valence-electron chi connectivity index (χ1n) is 16.1. The third-order valence-corrected chi connectivity index (χ3v) is 7.46. The van der Waals surface area contributed by atoms with Crippen molar-refractivity contribution in [1.82, 2.24) is 0 Å². The van der Waals surface area contributed by atoms with Crippen LogP contribution < -0.4 is 0 Å². The molecule has 0 bridgehead atoms. The first-order chi connectivity index (χ1) is 17.3. The van der Waals surface area contributed by atoms with Gasteiger partial charge in [-0.1, -0.05) is 187 Å². The van der Waals surface area contributed by atoms with E-state index >= 15 is 0 Å². The van der Waals surface area contributed by atoms with Gasteiger partial charge in [-0.05, 0) is 12.8 Å². The molecule has 2 heteroatoms. The molecule has 208 valence electrons. The van der Waals surface area contributed by atoms with Crippen molar-refractivity contribution in [3.05, 3.63) is 13.3 Å². The molecule has 2 radical (unpaired) electrons. The van der Waals surface area contributed by atoms with Crippen LogP contribution >= 0.6 is 0 Å². The van der Waals surface area contributed by atoms with Crippen molar-refractivity contribution in [3.8, 4) is 0 Å². The van der Waals surface area contributed by atoms with Gasteiger partial charge in [-0.3, -0.25) is 4.79 Å². The van der Waals surface area contributed by atoms with Gasteiger partial charge in [0.1, 0.15) is 0 Å². The molecule has 0 aliphatic rings. The van der Waals surface area contributed by atoms with Crippen molar-refractivity contribution in [2.75, 3.05) is 0 Å². The van der Waals surface area contributed by atoms with Gasteiger partial charge >= 0.3 is 5.97 Å². The topological polar surface area (TPSA) is 37.3 Å². The summed E-state index contributed by atoms with van der Waals surface area (Å²) < 4.78 is 0. The first-order valence-corrected chi connectivity index (χ1v) is 16.1. The van der Waals surface area contributed by atoms with Gasteiger partial charge in [-0.2, -0.15) is 0 Å². The summed E-state index contributed by atoms with van der Waals surface area (Å²) >= 11 is 0. The minimum absolute atomic E-state index is 0.345. The van der Waals surface area contributed by atoms with Crippen molar-refractivity contribution < 1.29 is 9.90 Å². The highest BCUT2D eigenvalue weighted by molar-refractivity contribution is 5.66. The van der Waals surface area contributed by atoms with E-state index in [9.17, 15) is 4.79 Å². The van der Waals surface area contributed by atoms with Gasteiger partial charge < -0.3 is 5.11 Å². The van der Waals surface area contributed by atoms with E-state index in [1.165, 1.54) is 167 Å². The fraction of sp³-hybridized carbons (Fsp3) is 0.909. The largest absolute Gasteiger partial charge is 0.481 e. The lowest BCUT2D eigenvalue weighted by Crippen LogP contribution is -1.93. The van der Waals surface area contributed by atoms with E-state index in [-0.39, 0.29) is 0 Å². The van der Waals surface area contributed by atoms with Crippen LogP contribution in [0.25, 0.3) is 0 Å². The summed E-state index contributed by atoms with van der Waals surface area (Å²) in [5.74, 6) is -0.650. The SMILES string of the molecule is [CH2]CCCCCCCCC[CH]CCCCCCCCCCCCCCCCCCCCCC(=O)O. The highest BCUT2D eigenvalue weighted by Gasteiger charge is 1.98. The summed E-state index contributed by atoms with van der Waals surface area (Å²) in [5.41, 5.74) is 0. The summed E-state index contributed by atoms with van der Waals surface area (Å²) in [6, 6.07) is 0. The maximum Gasteiger partial charge on any atom is 0.303 e. The molecule has 0 spiro atoms. The van der Waals surface area contributed by atoms with E-state index in [1.807, 2.05) is 0 Å². The molecule has 2 nitrogen and oxygen atoms in total. The minimum atomic E-state index is -0.650. The molecule has 0 saturated heterocycles. The molecule has 1 N–H and O–H groups in total. The zero-order chi connectivity index (χ0) is 25.5. The highest BCUT2D eigenvalue weighted by Crippen LogP contribution is 2.16. The van der Waals surface area contributed by atoms with E-state index < -0.39 is 5.97 Å². The minimum Gasteiger partial charge on any atom is -0.481 e. The van der Waals surface area contributed by atoms with E-state index in [4.69, 9.17) is 5.11 Å². The molecular formula is C33H64O2. The van der Waals surface area contributed by atoms with Crippen molar-refractivity contribution >= 4 is 5.97 Å². The Morgan fingerprint density at radius 2 is 0.686 bits per heavy atom. The van der Waals surface area contributed by atoms with Gasteiger partial charge in [0.15, 0.2) is 0 Å². The van der Waals surface area contributed by atoms with Crippen LogP contribution in [0.3, 0.4) is 0 Å².